The van der Waals surface area contributed by atoms with E-state index in [1.807, 2.05) is 0 Å². The highest BCUT2D eigenvalue weighted by atomic mass is 32.3. The zero-order chi connectivity index (χ0) is 21.7. The summed E-state index contributed by atoms with van der Waals surface area (Å²) in [5.74, 6) is 4.47. The van der Waals surface area contributed by atoms with Gasteiger partial charge in [-0.15, -0.1) is 0 Å². The molecule has 4 aliphatic carbocycles. The Morgan fingerprint density at radius 2 is 1.70 bits per heavy atom. The van der Waals surface area contributed by atoms with Gasteiger partial charge in [0.15, 0.2) is 0 Å². The fourth-order valence-corrected chi connectivity index (χ4v) is 9.31. The molecule has 0 saturated heterocycles. The topological polar surface area (TPSA) is 83.8 Å². The van der Waals surface area contributed by atoms with Gasteiger partial charge in [0.2, 0.25) is 0 Å². The summed E-state index contributed by atoms with van der Waals surface area (Å²) in [6.07, 6.45) is 12.7. The highest BCUT2D eigenvalue weighted by molar-refractivity contribution is 7.80. The van der Waals surface area contributed by atoms with Gasteiger partial charge < -0.3 is 5.11 Å². The molecule has 0 heterocycles. The molecular weight excluding hydrogens is 400 g/mol. The molecule has 174 valence electrons. The molecule has 0 amide bonds. The van der Waals surface area contributed by atoms with Gasteiger partial charge in [-0.2, -0.15) is 8.42 Å². The van der Waals surface area contributed by atoms with Gasteiger partial charge in [0, 0.05) is 0 Å². The van der Waals surface area contributed by atoms with Crippen molar-refractivity contribution in [3.05, 3.63) is 0 Å². The molecule has 4 fully saturated rings. The Morgan fingerprint density at radius 1 is 1.00 bits per heavy atom. The van der Waals surface area contributed by atoms with Crippen molar-refractivity contribution in [3.63, 3.8) is 0 Å². The predicted molar refractivity (Wildman–Crippen MR) is 117 cm³/mol. The number of aliphatic hydroxyl groups is 1. The van der Waals surface area contributed by atoms with Gasteiger partial charge in [-0.1, -0.05) is 20.8 Å². The fourth-order valence-electron chi connectivity index (χ4n) is 8.98. The lowest BCUT2D eigenvalue weighted by atomic mass is 9.44. The van der Waals surface area contributed by atoms with Crippen molar-refractivity contribution in [1.29, 1.82) is 0 Å². The number of aliphatic hydroxyl groups excluding tert-OH is 1. The molecule has 2 N–H and O–H groups in total. The Bertz CT molecular complexity index is 723. The monoisotopic (exact) mass is 442 g/mol. The first-order chi connectivity index (χ1) is 14.0. The van der Waals surface area contributed by atoms with Gasteiger partial charge in [0.1, 0.15) is 0 Å². The fraction of sp³-hybridized carbons (Fsp3) is 1.00. The molecule has 4 rings (SSSR count). The summed E-state index contributed by atoms with van der Waals surface area (Å²) < 4.78 is 34.8. The van der Waals surface area contributed by atoms with Crippen LogP contribution in [0.3, 0.4) is 0 Å². The van der Waals surface area contributed by atoms with E-state index in [0.29, 0.717) is 35.0 Å². The SMILES string of the molecule is C[C@H](CCCOS(=O)(=O)O)[C@H]1CCC2C3CC[C@H]4C[C@@H](O)CC[C@]4(C)C3CC[C@@]21C. The quantitative estimate of drug-likeness (QED) is 0.434. The van der Waals surface area contributed by atoms with E-state index in [4.69, 9.17) is 4.55 Å². The maximum Gasteiger partial charge on any atom is 0.397 e. The molecule has 30 heavy (non-hydrogen) atoms. The molecule has 0 aliphatic heterocycles. The van der Waals surface area contributed by atoms with E-state index >= 15 is 0 Å². The van der Waals surface area contributed by atoms with Crippen LogP contribution in [-0.4, -0.2) is 30.8 Å². The van der Waals surface area contributed by atoms with Gasteiger partial charge in [0.05, 0.1) is 12.7 Å². The molecule has 0 aromatic carbocycles. The summed E-state index contributed by atoms with van der Waals surface area (Å²) in [4.78, 5) is 0. The van der Waals surface area contributed by atoms with Crippen LogP contribution in [-0.2, 0) is 14.6 Å². The second-order valence-electron chi connectivity index (χ2n) is 11.7. The van der Waals surface area contributed by atoms with E-state index in [0.717, 1.165) is 37.0 Å². The van der Waals surface area contributed by atoms with E-state index in [1.54, 1.807) is 0 Å². The van der Waals surface area contributed by atoms with Crippen LogP contribution in [0.1, 0.15) is 91.4 Å². The molecule has 0 radical (unpaired) electrons. The summed E-state index contributed by atoms with van der Waals surface area (Å²) in [7, 11) is -4.32. The first kappa shape index (κ1) is 23.0. The smallest absolute Gasteiger partial charge is 0.393 e. The van der Waals surface area contributed by atoms with Gasteiger partial charge in [0.25, 0.3) is 0 Å². The normalized spacial score (nSPS) is 47.2. The van der Waals surface area contributed by atoms with E-state index in [2.05, 4.69) is 25.0 Å². The number of hydrogen-bond donors (Lipinski definition) is 2. The third-order valence-electron chi connectivity index (χ3n) is 10.4. The van der Waals surface area contributed by atoms with Crippen molar-refractivity contribution in [2.24, 2.45) is 46.3 Å². The molecule has 0 spiro atoms. The maximum atomic E-state index is 10.8. The number of fused-ring (bicyclic) bond motifs is 5. The molecule has 4 aliphatic rings. The summed E-state index contributed by atoms with van der Waals surface area (Å²) >= 11 is 0. The van der Waals surface area contributed by atoms with Gasteiger partial charge in [-0.3, -0.25) is 4.55 Å². The van der Waals surface area contributed by atoms with Crippen LogP contribution in [0, 0.1) is 46.3 Å². The molecule has 4 saturated carbocycles. The lowest BCUT2D eigenvalue weighted by Gasteiger charge is -2.61. The molecule has 0 bridgehead atoms. The maximum absolute atomic E-state index is 10.8. The summed E-state index contributed by atoms with van der Waals surface area (Å²) in [6, 6.07) is 0. The van der Waals surface area contributed by atoms with Crippen molar-refractivity contribution >= 4 is 10.4 Å². The molecular formula is C24H42O5S. The van der Waals surface area contributed by atoms with Gasteiger partial charge in [-0.05, 0) is 117 Å². The molecule has 5 nitrogen and oxygen atoms in total. The first-order valence-electron chi connectivity index (χ1n) is 12.3. The van der Waals surface area contributed by atoms with Crippen LogP contribution < -0.4 is 0 Å². The Morgan fingerprint density at radius 3 is 2.43 bits per heavy atom. The minimum Gasteiger partial charge on any atom is -0.393 e. The Hall–Kier alpha value is -0.170. The van der Waals surface area contributed by atoms with E-state index in [-0.39, 0.29) is 12.7 Å². The van der Waals surface area contributed by atoms with Crippen molar-refractivity contribution < 1.29 is 22.3 Å². The molecule has 6 heteroatoms. The van der Waals surface area contributed by atoms with Gasteiger partial charge >= 0.3 is 10.4 Å². The molecule has 3 unspecified atom stereocenters. The van der Waals surface area contributed by atoms with Crippen LogP contribution in [0.5, 0.6) is 0 Å². The van der Waals surface area contributed by atoms with Gasteiger partial charge in [-0.25, -0.2) is 4.18 Å². The van der Waals surface area contributed by atoms with Crippen LogP contribution in [0.25, 0.3) is 0 Å². The second kappa shape index (κ2) is 8.31. The summed E-state index contributed by atoms with van der Waals surface area (Å²) in [5.41, 5.74) is 0.835. The highest BCUT2D eigenvalue weighted by Gasteiger charge is 2.60. The van der Waals surface area contributed by atoms with E-state index < -0.39 is 10.4 Å². The lowest BCUT2D eigenvalue weighted by molar-refractivity contribution is -0.129. The number of hydrogen-bond acceptors (Lipinski definition) is 4. The Kier molecular flexibility index (Phi) is 6.37. The van der Waals surface area contributed by atoms with Crippen molar-refractivity contribution in [2.45, 2.75) is 97.5 Å². The largest absolute Gasteiger partial charge is 0.397 e. The first-order valence-corrected chi connectivity index (χ1v) is 13.7. The van der Waals surface area contributed by atoms with Crippen molar-refractivity contribution in [2.75, 3.05) is 6.61 Å². The Labute approximate surface area is 183 Å². The zero-order valence-corrected chi connectivity index (χ0v) is 19.9. The van der Waals surface area contributed by atoms with E-state index in [9.17, 15) is 13.5 Å². The van der Waals surface area contributed by atoms with Crippen molar-refractivity contribution in [3.8, 4) is 0 Å². The molecule has 0 aromatic rings. The Balaban J connectivity index is 1.41. The lowest BCUT2D eigenvalue weighted by Crippen LogP contribution is -2.54. The minimum atomic E-state index is -4.32. The average Bonchev–Trinajstić information content (AvgIpc) is 3.02. The standard InChI is InChI=1S/C24H42O5S/c1-16(5-4-14-29-30(26,27)28)20-8-9-21-19-7-6-17-15-18(25)10-12-23(17,2)22(19)11-13-24(20,21)3/h16-22,25H,4-15H2,1-3H3,(H,26,27,28)/t16-,17+,18+,19?,20-,21?,22?,23+,24-/m1/s1. The second-order valence-corrected chi connectivity index (χ2v) is 12.8. The minimum absolute atomic E-state index is 0.0741. The summed E-state index contributed by atoms with van der Waals surface area (Å²) in [6.45, 7) is 7.51. The zero-order valence-electron chi connectivity index (χ0n) is 19.1. The number of rotatable bonds is 6. The predicted octanol–water partition coefficient (Wildman–Crippen LogP) is 5.24. The van der Waals surface area contributed by atoms with Crippen LogP contribution in [0.4, 0.5) is 0 Å². The highest BCUT2D eigenvalue weighted by Crippen LogP contribution is 2.68. The van der Waals surface area contributed by atoms with Crippen LogP contribution in [0.2, 0.25) is 0 Å². The van der Waals surface area contributed by atoms with E-state index in [1.165, 1.54) is 44.9 Å². The average molecular weight is 443 g/mol. The van der Waals surface area contributed by atoms with Crippen LogP contribution >= 0.6 is 0 Å². The summed E-state index contributed by atoms with van der Waals surface area (Å²) in [5, 5.41) is 10.2. The molecule has 0 aromatic heterocycles. The molecule has 9 atom stereocenters. The van der Waals surface area contributed by atoms with Crippen molar-refractivity contribution in [1.82, 2.24) is 0 Å². The third-order valence-corrected chi connectivity index (χ3v) is 10.9. The third kappa shape index (κ3) is 4.11. The van der Waals surface area contributed by atoms with Crippen LogP contribution in [0.15, 0.2) is 0 Å².